The molecular weight excluding hydrogens is 294 g/mol. The Morgan fingerprint density at radius 3 is 2.10 bits per heavy atom. The van der Waals surface area contributed by atoms with Crippen molar-refractivity contribution in [2.24, 2.45) is 0 Å². The number of aromatic hydroxyl groups is 1. The van der Waals surface area contributed by atoms with Crippen molar-refractivity contribution < 1.29 is 41.0 Å². The Morgan fingerprint density at radius 2 is 1.70 bits per heavy atom. The zero-order valence-corrected chi connectivity index (χ0v) is 9.89. The van der Waals surface area contributed by atoms with Gasteiger partial charge in [0.05, 0.1) is 17.7 Å². The number of benzene rings is 1. The molecule has 1 aromatic rings. The van der Waals surface area contributed by atoms with E-state index in [-0.39, 0.29) is 18.7 Å². The number of phenolic OH excluding ortho intramolecular Hbond substituents is 1. The van der Waals surface area contributed by atoms with E-state index in [2.05, 4.69) is 4.74 Å². The molecule has 0 aliphatic heterocycles. The predicted octanol–water partition coefficient (Wildman–Crippen LogP) is 3.61. The van der Waals surface area contributed by atoms with E-state index in [1.54, 1.807) is 0 Å². The molecule has 0 saturated carbocycles. The van der Waals surface area contributed by atoms with Gasteiger partial charge in [0.1, 0.15) is 11.3 Å². The highest BCUT2D eigenvalue weighted by atomic mass is 19.4. The fraction of sp³-hybridized carbons (Fsp3) is 0.364. The van der Waals surface area contributed by atoms with Crippen LogP contribution in [0.3, 0.4) is 0 Å². The minimum Gasteiger partial charge on any atom is -0.506 e. The maximum atomic E-state index is 12.6. The van der Waals surface area contributed by atoms with Crippen LogP contribution in [0.2, 0.25) is 0 Å². The van der Waals surface area contributed by atoms with Crippen molar-refractivity contribution in [1.29, 1.82) is 0 Å². The van der Waals surface area contributed by atoms with Crippen LogP contribution in [0.1, 0.15) is 28.4 Å². The van der Waals surface area contributed by atoms with Crippen LogP contribution in [-0.2, 0) is 17.1 Å². The number of rotatable bonds is 2. The molecule has 0 atom stereocenters. The van der Waals surface area contributed by atoms with Gasteiger partial charge in [-0.25, -0.2) is 4.79 Å². The van der Waals surface area contributed by atoms with Crippen molar-refractivity contribution in [3.05, 3.63) is 28.8 Å². The second-order valence-electron chi connectivity index (χ2n) is 3.64. The van der Waals surface area contributed by atoms with Gasteiger partial charge in [0.2, 0.25) is 0 Å². The summed E-state index contributed by atoms with van der Waals surface area (Å²) in [6.45, 7) is 1.04. The van der Waals surface area contributed by atoms with E-state index in [0.29, 0.717) is 0 Å². The monoisotopic (exact) mass is 302 g/mol. The molecule has 0 bridgehead atoms. The topological polar surface area (TPSA) is 46.5 Å². The quantitative estimate of drug-likeness (QED) is 0.670. The summed E-state index contributed by atoms with van der Waals surface area (Å²) in [4.78, 5) is 11.3. The fourth-order valence-electron chi connectivity index (χ4n) is 1.38. The highest BCUT2D eigenvalue weighted by molar-refractivity contribution is 5.93. The summed E-state index contributed by atoms with van der Waals surface area (Å²) in [6, 6.07) is -0.152. The lowest BCUT2D eigenvalue weighted by molar-refractivity contribution is -0.143. The number of hydrogen-bond donors (Lipinski definition) is 1. The van der Waals surface area contributed by atoms with Crippen LogP contribution in [0.5, 0.6) is 5.75 Å². The maximum absolute atomic E-state index is 12.6. The number of carbonyl (C=O) groups is 1. The molecule has 0 spiro atoms. The van der Waals surface area contributed by atoms with Crippen LogP contribution in [0.15, 0.2) is 12.1 Å². The number of ether oxygens (including phenoxy) is 1. The molecule has 0 fully saturated rings. The van der Waals surface area contributed by atoms with Gasteiger partial charge in [-0.3, -0.25) is 0 Å². The zero-order valence-electron chi connectivity index (χ0n) is 9.89. The first-order chi connectivity index (χ1) is 8.98. The lowest BCUT2D eigenvalue weighted by Gasteiger charge is -2.15. The van der Waals surface area contributed by atoms with E-state index < -0.39 is 40.8 Å². The number of esters is 1. The van der Waals surface area contributed by atoms with Crippen LogP contribution in [0, 0.1) is 0 Å². The van der Waals surface area contributed by atoms with E-state index in [1.807, 2.05) is 0 Å². The standard InChI is InChI=1S/C11H8F6O3/c1-2-20-9(19)6-3-5(10(12,13)14)4-7(8(6)18)11(15,16)17/h3-4,18H,2H2,1H3. The third kappa shape index (κ3) is 3.34. The summed E-state index contributed by atoms with van der Waals surface area (Å²) in [7, 11) is 0. The van der Waals surface area contributed by atoms with Gasteiger partial charge < -0.3 is 9.84 Å². The highest BCUT2D eigenvalue weighted by Gasteiger charge is 2.40. The number of phenols is 1. The van der Waals surface area contributed by atoms with Gasteiger partial charge in [0.25, 0.3) is 0 Å². The molecule has 1 N–H and O–H groups in total. The lowest BCUT2D eigenvalue weighted by Crippen LogP contribution is -2.15. The van der Waals surface area contributed by atoms with Crippen LogP contribution < -0.4 is 0 Å². The van der Waals surface area contributed by atoms with E-state index in [9.17, 15) is 36.2 Å². The van der Waals surface area contributed by atoms with Gasteiger partial charge in [0, 0.05) is 0 Å². The van der Waals surface area contributed by atoms with Crippen LogP contribution in [0.25, 0.3) is 0 Å². The first-order valence-electron chi connectivity index (χ1n) is 5.17. The normalized spacial score (nSPS) is 12.3. The molecule has 0 unspecified atom stereocenters. The molecule has 112 valence electrons. The minimum atomic E-state index is -5.24. The smallest absolute Gasteiger partial charge is 0.419 e. The van der Waals surface area contributed by atoms with E-state index in [1.165, 1.54) is 6.92 Å². The number of hydrogen-bond acceptors (Lipinski definition) is 3. The average molecular weight is 302 g/mol. The largest absolute Gasteiger partial charge is 0.506 e. The van der Waals surface area contributed by atoms with E-state index in [0.717, 1.165) is 0 Å². The SMILES string of the molecule is CCOC(=O)c1cc(C(F)(F)F)cc(C(F)(F)F)c1O. The third-order valence-electron chi connectivity index (χ3n) is 2.24. The second-order valence-corrected chi connectivity index (χ2v) is 3.64. The summed E-state index contributed by atoms with van der Waals surface area (Å²) in [5, 5.41) is 9.32. The molecule has 0 aromatic heterocycles. The van der Waals surface area contributed by atoms with Crippen molar-refractivity contribution in [2.45, 2.75) is 19.3 Å². The van der Waals surface area contributed by atoms with E-state index in [4.69, 9.17) is 0 Å². The molecule has 0 aliphatic rings. The third-order valence-corrected chi connectivity index (χ3v) is 2.24. The summed E-state index contributed by atoms with van der Waals surface area (Å²) >= 11 is 0. The summed E-state index contributed by atoms with van der Waals surface area (Å²) in [6.07, 6.45) is -10.3. The van der Waals surface area contributed by atoms with Gasteiger partial charge in [-0.1, -0.05) is 0 Å². The molecule has 9 heteroatoms. The Balaban J connectivity index is 3.55. The molecule has 0 amide bonds. The lowest BCUT2D eigenvalue weighted by atomic mass is 10.0. The second kappa shape index (κ2) is 5.22. The van der Waals surface area contributed by atoms with Crippen LogP contribution >= 0.6 is 0 Å². The van der Waals surface area contributed by atoms with E-state index >= 15 is 0 Å². The summed E-state index contributed by atoms with van der Waals surface area (Å²) < 4.78 is 79.6. The molecule has 1 rings (SSSR count). The Hall–Kier alpha value is -1.93. The maximum Gasteiger partial charge on any atom is 0.419 e. The number of halogens is 6. The Morgan fingerprint density at radius 1 is 1.15 bits per heavy atom. The molecule has 0 aliphatic carbocycles. The first kappa shape index (κ1) is 16.1. The summed E-state index contributed by atoms with van der Waals surface area (Å²) in [5.74, 6) is -3.06. The van der Waals surface area contributed by atoms with Crippen LogP contribution in [-0.4, -0.2) is 17.7 Å². The van der Waals surface area contributed by atoms with Crippen molar-refractivity contribution in [2.75, 3.05) is 6.61 Å². The molecule has 0 heterocycles. The van der Waals surface area contributed by atoms with Crippen molar-refractivity contribution in [3.63, 3.8) is 0 Å². The highest BCUT2D eigenvalue weighted by Crippen LogP contribution is 2.42. The minimum absolute atomic E-state index is 0.114. The average Bonchev–Trinajstić information content (AvgIpc) is 2.26. The van der Waals surface area contributed by atoms with Gasteiger partial charge in [-0.05, 0) is 19.1 Å². The van der Waals surface area contributed by atoms with Crippen molar-refractivity contribution >= 4 is 5.97 Å². The van der Waals surface area contributed by atoms with Crippen molar-refractivity contribution in [3.8, 4) is 5.75 Å². The predicted molar refractivity (Wildman–Crippen MR) is 54.1 cm³/mol. The van der Waals surface area contributed by atoms with Crippen LogP contribution in [0.4, 0.5) is 26.3 Å². The fourth-order valence-corrected chi connectivity index (χ4v) is 1.38. The van der Waals surface area contributed by atoms with Crippen molar-refractivity contribution in [1.82, 2.24) is 0 Å². The Bertz CT molecular complexity index is 518. The Kier molecular flexibility index (Phi) is 4.21. The van der Waals surface area contributed by atoms with Gasteiger partial charge >= 0.3 is 18.3 Å². The Labute approximate surface area is 108 Å². The first-order valence-corrected chi connectivity index (χ1v) is 5.17. The summed E-state index contributed by atoms with van der Waals surface area (Å²) in [5.41, 5.74) is -4.84. The van der Waals surface area contributed by atoms with Gasteiger partial charge in [0.15, 0.2) is 0 Å². The number of carbonyl (C=O) groups excluding carboxylic acids is 1. The molecule has 0 radical (unpaired) electrons. The van der Waals surface area contributed by atoms with Gasteiger partial charge in [-0.2, -0.15) is 26.3 Å². The van der Waals surface area contributed by atoms with Gasteiger partial charge in [-0.15, -0.1) is 0 Å². The molecular formula is C11H8F6O3. The molecule has 20 heavy (non-hydrogen) atoms. The zero-order chi connectivity index (χ0) is 15.7. The molecule has 0 saturated heterocycles. The molecule has 3 nitrogen and oxygen atoms in total. The number of alkyl halides is 6. The molecule has 1 aromatic carbocycles.